The SMILES string of the molecule is CC(O)C(=O)C(O)C=O. The van der Waals surface area contributed by atoms with Crippen molar-refractivity contribution in [2.45, 2.75) is 19.1 Å². The van der Waals surface area contributed by atoms with Crippen LogP contribution in [0, 0.1) is 0 Å². The molecule has 0 aromatic heterocycles. The summed E-state index contributed by atoms with van der Waals surface area (Å²) < 4.78 is 0. The molecule has 2 atom stereocenters. The highest BCUT2D eigenvalue weighted by atomic mass is 16.3. The van der Waals surface area contributed by atoms with Crippen molar-refractivity contribution < 1.29 is 19.8 Å². The molecule has 0 rings (SSSR count). The molecule has 0 aromatic rings. The molecule has 0 saturated heterocycles. The van der Waals surface area contributed by atoms with Gasteiger partial charge in [0.2, 0.25) is 0 Å². The minimum absolute atomic E-state index is 0.0784. The van der Waals surface area contributed by atoms with Crippen molar-refractivity contribution in [1.82, 2.24) is 0 Å². The van der Waals surface area contributed by atoms with Crippen LogP contribution in [0.2, 0.25) is 0 Å². The molecule has 0 bridgehead atoms. The highest BCUT2D eigenvalue weighted by Crippen LogP contribution is 1.87. The van der Waals surface area contributed by atoms with Crippen molar-refractivity contribution in [2.75, 3.05) is 0 Å². The van der Waals surface area contributed by atoms with Gasteiger partial charge in [0.25, 0.3) is 0 Å². The van der Waals surface area contributed by atoms with Crippen molar-refractivity contribution in [1.29, 1.82) is 0 Å². The van der Waals surface area contributed by atoms with Crippen LogP contribution in [0.4, 0.5) is 0 Å². The number of hydrogen-bond donors (Lipinski definition) is 2. The van der Waals surface area contributed by atoms with Gasteiger partial charge in [-0.25, -0.2) is 0 Å². The van der Waals surface area contributed by atoms with Gasteiger partial charge in [-0.3, -0.25) is 9.59 Å². The van der Waals surface area contributed by atoms with E-state index in [9.17, 15) is 9.59 Å². The van der Waals surface area contributed by atoms with E-state index in [1.54, 1.807) is 0 Å². The first-order valence-corrected chi connectivity index (χ1v) is 2.44. The van der Waals surface area contributed by atoms with Crippen LogP contribution in [-0.4, -0.2) is 34.5 Å². The quantitative estimate of drug-likeness (QED) is 0.362. The van der Waals surface area contributed by atoms with Gasteiger partial charge in [-0.05, 0) is 6.92 Å². The van der Waals surface area contributed by atoms with Gasteiger partial charge < -0.3 is 10.2 Å². The highest BCUT2D eigenvalue weighted by molar-refractivity contribution is 5.98. The standard InChI is InChI=1S/C5H8O4/c1-3(7)5(9)4(8)2-6/h2-4,7-8H,1H3. The summed E-state index contributed by atoms with van der Waals surface area (Å²) in [7, 11) is 0. The van der Waals surface area contributed by atoms with Crippen LogP contribution in [0.5, 0.6) is 0 Å². The predicted molar refractivity (Wildman–Crippen MR) is 28.8 cm³/mol. The molecule has 4 nitrogen and oxygen atoms in total. The van der Waals surface area contributed by atoms with Crippen molar-refractivity contribution in [2.24, 2.45) is 0 Å². The van der Waals surface area contributed by atoms with E-state index in [-0.39, 0.29) is 6.29 Å². The highest BCUT2D eigenvalue weighted by Gasteiger charge is 2.17. The van der Waals surface area contributed by atoms with Gasteiger partial charge in [0, 0.05) is 0 Å². The monoisotopic (exact) mass is 132 g/mol. The number of carbonyl (C=O) groups excluding carboxylic acids is 2. The normalized spacial score (nSPS) is 16.3. The lowest BCUT2D eigenvalue weighted by Crippen LogP contribution is -2.30. The Morgan fingerprint density at radius 3 is 2.11 bits per heavy atom. The fourth-order valence-electron chi connectivity index (χ4n) is 0.314. The number of hydrogen-bond acceptors (Lipinski definition) is 4. The Hall–Kier alpha value is -0.740. The molecule has 0 spiro atoms. The van der Waals surface area contributed by atoms with Crippen LogP contribution in [0.25, 0.3) is 0 Å². The van der Waals surface area contributed by atoms with Crippen LogP contribution in [0.15, 0.2) is 0 Å². The molecule has 4 heteroatoms. The number of aliphatic hydroxyl groups excluding tert-OH is 2. The second kappa shape index (κ2) is 3.32. The Kier molecular flexibility index (Phi) is 3.05. The summed E-state index contributed by atoms with van der Waals surface area (Å²) in [5.41, 5.74) is 0. The zero-order valence-electron chi connectivity index (χ0n) is 4.94. The molecular formula is C5H8O4. The van der Waals surface area contributed by atoms with E-state index in [2.05, 4.69) is 0 Å². The maximum absolute atomic E-state index is 10.3. The fourth-order valence-corrected chi connectivity index (χ4v) is 0.314. The van der Waals surface area contributed by atoms with Crippen LogP contribution >= 0.6 is 0 Å². The van der Waals surface area contributed by atoms with Gasteiger partial charge in [0.05, 0.1) is 0 Å². The third kappa shape index (κ3) is 2.34. The molecule has 52 valence electrons. The zero-order chi connectivity index (χ0) is 7.44. The maximum atomic E-state index is 10.3. The summed E-state index contributed by atoms with van der Waals surface area (Å²) in [6.07, 6.45) is -2.87. The van der Waals surface area contributed by atoms with Crippen LogP contribution < -0.4 is 0 Å². The number of aliphatic hydroxyl groups is 2. The molecular weight excluding hydrogens is 124 g/mol. The minimum atomic E-state index is -1.68. The van der Waals surface area contributed by atoms with E-state index < -0.39 is 18.0 Å². The van der Waals surface area contributed by atoms with Crippen LogP contribution in [0.1, 0.15) is 6.92 Å². The van der Waals surface area contributed by atoms with Gasteiger partial charge in [-0.2, -0.15) is 0 Å². The first kappa shape index (κ1) is 8.26. The van der Waals surface area contributed by atoms with E-state index in [1.807, 2.05) is 0 Å². The van der Waals surface area contributed by atoms with E-state index in [4.69, 9.17) is 10.2 Å². The number of ketones is 1. The molecule has 0 amide bonds. The Morgan fingerprint density at radius 2 is 2.00 bits per heavy atom. The molecule has 2 unspecified atom stereocenters. The number of Topliss-reactive ketones (excluding diaryl/α,β-unsaturated/α-hetero) is 1. The lowest BCUT2D eigenvalue weighted by Gasteiger charge is -2.02. The van der Waals surface area contributed by atoms with Crippen molar-refractivity contribution in [3.8, 4) is 0 Å². The predicted octanol–water partition coefficient (Wildman–Crippen LogP) is -1.50. The summed E-state index contributed by atoms with van der Waals surface area (Å²) in [5.74, 6) is -0.870. The summed E-state index contributed by atoms with van der Waals surface area (Å²) in [6, 6.07) is 0. The van der Waals surface area contributed by atoms with Gasteiger partial charge >= 0.3 is 0 Å². The molecule has 0 radical (unpaired) electrons. The smallest absolute Gasteiger partial charge is 0.196 e. The molecule has 0 saturated carbocycles. The van der Waals surface area contributed by atoms with Gasteiger partial charge in [0.1, 0.15) is 6.10 Å². The second-order valence-corrected chi connectivity index (χ2v) is 1.66. The number of aldehydes is 1. The fraction of sp³-hybridized carbons (Fsp3) is 0.600. The largest absolute Gasteiger partial charge is 0.385 e. The average Bonchev–Trinajstić information content (AvgIpc) is 1.84. The molecule has 0 aliphatic rings. The molecule has 9 heavy (non-hydrogen) atoms. The average molecular weight is 132 g/mol. The van der Waals surface area contributed by atoms with Crippen LogP contribution in [0.3, 0.4) is 0 Å². The molecule has 0 aliphatic heterocycles. The Morgan fingerprint density at radius 1 is 1.56 bits per heavy atom. The lowest BCUT2D eigenvalue weighted by molar-refractivity contribution is -0.138. The minimum Gasteiger partial charge on any atom is -0.385 e. The first-order chi connectivity index (χ1) is 4.09. The third-order valence-electron chi connectivity index (χ3n) is 0.832. The third-order valence-corrected chi connectivity index (χ3v) is 0.832. The van der Waals surface area contributed by atoms with Crippen molar-refractivity contribution in [3.63, 3.8) is 0 Å². The zero-order valence-corrected chi connectivity index (χ0v) is 4.94. The summed E-state index contributed by atoms with van der Waals surface area (Å²) in [5, 5.41) is 16.9. The van der Waals surface area contributed by atoms with E-state index in [1.165, 1.54) is 6.92 Å². The maximum Gasteiger partial charge on any atom is 0.196 e. The summed E-state index contributed by atoms with van der Waals surface area (Å²) in [6.45, 7) is 1.19. The van der Waals surface area contributed by atoms with Gasteiger partial charge in [0.15, 0.2) is 18.2 Å². The number of rotatable bonds is 3. The second-order valence-electron chi connectivity index (χ2n) is 1.66. The Bertz CT molecular complexity index is 118. The van der Waals surface area contributed by atoms with Crippen molar-refractivity contribution >= 4 is 12.1 Å². The summed E-state index contributed by atoms with van der Waals surface area (Å²) >= 11 is 0. The Labute approximate surface area is 52.1 Å². The van der Waals surface area contributed by atoms with Gasteiger partial charge in [-0.15, -0.1) is 0 Å². The lowest BCUT2D eigenvalue weighted by atomic mass is 10.2. The Balaban J connectivity index is 3.87. The van der Waals surface area contributed by atoms with E-state index in [0.29, 0.717) is 0 Å². The first-order valence-electron chi connectivity index (χ1n) is 2.44. The topological polar surface area (TPSA) is 74.6 Å². The van der Waals surface area contributed by atoms with E-state index >= 15 is 0 Å². The molecule has 0 aromatic carbocycles. The molecule has 0 aliphatic carbocycles. The van der Waals surface area contributed by atoms with Crippen molar-refractivity contribution in [3.05, 3.63) is 0 Å². The van der Waals surface area contributed by atoms with E-state index in [0.717, 1.165) is 0 Å². The molecule has 0 fully saturated rings. The summed E-state index contributed by atoms with van der Waals surface area (Å²) in [4.78, 5) is 20.0. The van der Waals surface area contributed by atoms with Crippen LogP contribution in [-0.2, 0) is 9.59 Å². The van der Waals surface area contributed by atoms with Gasteiger partial charge in [-0.1, -0.05) is 0 Å². The number of carbonyl (C=O) groups is 2. The molecule has 0 heterocycles. The molecule has 2 N–H and O–H groups in total.